The molecule has 0 bridgehead atoms. The van der Waals surface area contributed by atoms with Crippen LogP contribution in [0.3, 0.4) is 0 Å². The third kappa shape index (κ3) is 3.02. The van der Waals surface area contributed by atoms with Gasteiger partial charge in [-0.2, -0.15) is 0 Å². The van der Waals surface area contributed by atoms with Gasteiger partial charge < -0.3 is 0 Å². The van der Waals surface area contributed by atoms with E-state index < -0.39 is 0 Å². The Hall–Kier alpha value is -2.24. The highest BCUT2D eigenvalue weighted by molar-refractivity contribution is 6.13. The first-order valence-electron chi connectivity index (χ1n) is 3.64. The molecule has 0 radical (unpaired) electrons. The number of amides is 4. The van der Waals surface area contributed by atoms with Crippen LogP contribution in [0.2, 0.25) is 0 Å². The van der Waals surface area contributed by atoms with Crippen molar-refractivity contribution in [3.05, 3.63) is 24.3 Å². The standard InChI is InChI=1S/2C4H3NO2/c2*6-3-1-2-4(7)5-3/h2*1-2H,(H,5,6,7). The van der Waals surface area contributed by atoms with Crippen LogP contribution in [0, 0.1) is 0 Å². The topological polar surface area (TPSA) is 92.3 Å². The van der Waals surface area contributed by atoms with Crippen molar-refractivity contribution in [1.82, 2.24) is 10.6 Å². The highest BCUT2D eigenvalue weighted by Gasteiger charge is 2.07. The van der Waals surface area contributed by atoms with Crippen LogP contribution in [0.25, 0.3) is 0 Å². The summed E-state index contributed by atoms with van der Waals surface area (Å²) in [5.41, 5.74) is 0. The third-order valence-electron chi connectivity index (χ3n) is 1.26. The predicted octanol–water partition coefficient (Wildman–Crippen LogP) is -1.60. The van der Waals surface area contributed by atoms with Gasteiger partial charge in [0, 0.05) is 24.3 Å². The molecule has 0 aliphatic carbocycles. The summed E-state index contributed by atoms with van der Waals surface area (Å²) in [5, 5.41) is 4.06. The molecule has 0 saturated carbocycles. The number of imide groups is 2. The van der Waals surface area contributed by atoms with E-state index in [0.717, 1.165) is 0 Å². The van der Waals surface area contributed by atoms with E-state index in [9.17, 15) is 19.2 Å². The second kappa shape index (κ2) is 4.13. The van der Waals surface area contributed by atoms with Crippen LogP contribution in [-0.4, -0.2) is 23.6 Å². The zero-order valence-corrected chi connectivity index (χ0v) is 6.94. The summed E-state index contributed by atoms with van der Waals surface area (Å²) in [5.74, 6) is -1.31. The molecule has 2 rings (SSSR count). The number of carbonyl (C=O) groups excluding carboxylic acids is 4. The summed E-state index contributed by atoms with van der Waals surface area (Å²) in [6.45, 7) is 0. The summed E-state index contributed by atoms with van der Waals surface area (Å²) in [7, 11) is 0. The molecule has 0 fully saturated rings. The maximum atomic E-state index is 10.0. The van der Waals surface area contributed by atoms with Crippen molar-refractivity contribution in [1.29, 1.82) is 0 Å². The molecular weight excluding hydrogens is 188 g/mol. The van der Waals surface area contributed by atoms with Gasteiger partial charge >= 0.3 is 0 Å². The van der Waals surface area contributed by atoms with Gasteiger partial charge in [-0.25, -0.2) is 0 Å². The molecule has 0 aromatic heterocycles. The smallest absolute Gasteiger partial charge is 0.250 e. The molecular formula is C8H6N2O4. The molecule has 0 aromatic rings. The number of rotatable bonds is 0. The van der Waals surface area contributed by atoms with Crippen LogP contribution in [-0.2, 0) is 19.2 Å². The molecule has 0 atom stereocenters. The van der Waals surface area contributed by atoms with Crippen LogP contribution in [0.1, 0.15) is 0 Å². The minimum atomic E-state index is -0.329. The lowest BCUT2D eigenvalue weighted by Crippen LogP contribution is -2.19. The lowest BCUT2D eigenvalue weighted by molar-refractivity contribution is -0.125. The van der Waals surface area contributed by atoms with Crippen LogP contribution in [0.5, 0.6) is 0 Å². The highest BCUT2D eigenvalue weighted by Crippen LogP contribution is 1.83. The van der Waals surface area contributed by atoms with Crippen molar-refractivity contribution < 1.29 is 19.2 Å². The van der Waals surface area contributed by atoms with Crippen molar-refractivity contribution in [2.45, 2.75) is 0 Å². The molecule has 0 aromatic carbocycles. The summed E-state index contributed by atoms with van der Waals surface area (Å²) < 4.78 is 0. The fraction of sp³-hybridized carbons (Fsp3) is 0. The molecule has 6 heteroatoms. The number of hydrogen-bond donors (Lipinski definition) is 2. The second-order valence-corrected chi connectivity index (χ2v) is 2.37. The van der Waals surface area contributed by atoms with E-state index in [4.69, 9.17) is 0 Å². The summed E-state index contributed by atoms with van der Waals surface area (Å²) in [6.07, 6.45) is 4.79. The van der Waals surface area contributed by atoms with E-state index in [1.807, 2.05) is 10.6 Å². The zero-order chi connectivity index (χ0) is 10.6. The van der Waals surface area contributed by atoms with Crippen molar-refractivity contribution in [3.8, 4) is 0 Å². The van der Waals surface area contributed by atoms with Gasteiger partial charge in [0.2, 0.25) is 0 Å². The molecule has 2 aliphatic heterocycles. The Morgan fingerprint density at radius 3 is 0.857 bits per heavy atom. The summed E-state index contributed by atoms with van der Waals surface area (Å²) >= 11 is 0. The second-order valence-electron chi connectivity index (χ2n) is 2.37. The van der Waals surface area contributed by atoms with Crippen LogP contribution >= 0.6 is 0 Å². The Morgan fingerprint density at radius 2 is 0.786 bits per heavy atom. The lowest BCUT2D eigenvalue weighted by atomic mass is 10.6. The van der Waals surface area contributed by atoms with Gasteiger partial charge in [-0.3, -0.25) is 29.8 Å². The van der Waals surface area contributed by atoms with Crippen LogP contribution in [0.4, 0.5) is 0 Å². The summed E-state index contributed by atoms with van der Waals surface area (Å²) in [6, 6.07) is 0. The Labute approximate surface area is 78.7 Å². The van der Waals surface area contributed by atoms with Gasteiger partial charge in [0.1, 0.15) is 0 Å². The maximum Gasteiger partial charge on any atom is 0.250 e. The molecule has 72 valence electrons. The first-order valence-corrected chi connectivity index (χ1v) is 3.64. The molecule has 2 heterocycles. The Balaban J connectivity index is 0.000000140. The van der Waals surface area contributed by atoms with Crippen molar-refractivity contribution in [3.63, 3.8) is 0 Å². The van der Waals surface area contributed by atoms with Gasteiger partial charge in [-0.1, -0.05) is 0 Å². The quantitative estimate of drug-likeness (QED) is 0.454. The van der Waals surface area contributed by atoms with Crippen LogP contribution < -0.4 is 10.6 Å². The van der Waals surface area contributed by atoms with Gasteiger partial charge in [-0.15, -0.1) is 0 Å². The Morgan fingerprint density at radius 1 is 0.571 bits per heavy atom. The van der Waals surface area contributed by atoms with E-state index in [2.05, 4.69) is 0 Å². The number of nitrogens with one attached hydrogen (secondary N) is 2. The van der Waals surface area contributed by atoms with Crippen molar-refractivity contribution >= 4 is 23.6 Å². The minimum absolute atomic E-state index is 0.329. The fourth-order valence-electron chi connectivity index (χ4n) is 0.712. The van der Waals surface area contributed by atoms with Gasteiger partial charge in [0.15, 0.2) is 0 Å². The lowest BCUT2D eigenvalue weighted by Gasteiger charge is -1.80. The average Bonchev–Trinajstić information content (AvgIpc) is 2.63. The third-order valence-corrected chi connectivity index (χ3v) is 1.26. The SMILES string of the molecule is O=C1C=CC(=O)N1.O=C1C=CC(=O)N1. The van der Waals surface area contributed by atoms with E-state index in [1.54, 1.807) is 0 Å². The monoisotopic (exact) mass is 194 g/mol. The van der Waals surface area contributed by atoms with Gasteiger partial charge in [-0.05, 0) is 0 Å². The number of carbonyl (C=O) groups is 4. The van der Waals surface area contributed by atoms with Crippen molar-refractivity contribution in [2.24, 2.45) is 0 Å². The van der Waals surface area contributed by atoms with Crippen molar-refractivity contribution in [2.75, 3.05) is 0 Å². The molecule has 6 nitrogen and oxygen atoms in total. The molecule has 4 amide bonds. The first-order chi connectivity index (χ1) is 6.58. The Bertz CT molecular complexity index is 300. The van der Waals surface area contributed by atoms with E-state index >= 15 is 0 Å². The number of hydrogen-bond acceptors (Lipinski definition) is 4. The molecule has 0 saturated heterocycles. The largest absolute Gasteiger partial charge is 0.289 e. The molecule has 2 N–H and O–H groups in total. The van der Waals surface area contributed by atoms with Gasteiger partial charge in [0.25, 0.3) is 23.6 Å². The first kappa shape index (κ1) is 9.85. The average molecular weight is 194 g/mol. The van der Waals surface area contributed by atoms with Gasteiger partial charge in [0.05, 0.1) is 0 Å². The van der Waals surface area contributed by atoms with E-state index in [-0.39, 0.29) is 23.6 Å². The molecule has 0 unspecified atom stereocenters. The van der Waals surface area contributed by atoms with E-state index in [1.165, 1.54) is 24.3 Å². The molecule has 14 heavy (non-hydrogen) atoms. The summed E-state index contributed by atoms with van der Waals surface area (Å²) in [4.78, 5) is 40.1. The minimum Gasteiger partial charge on any atom is -0.289 e. The van der Waals surface area contributed by atoms with Crippen LogP contribution in [0.15, 0.2) is 24.3 Å². The molecule has 0 spiro atoms. The fourth-order valence-corrected chi connectivity index (χ4v) is 0.712. The van der Waals surface area contributed by atoms with E-state index in [0.29, 0.717) is 0 Å². The molecule has 2 aliphatic rings. The maximum absolute atomic E-state index is 10.0. The predicted molar refractivity (Wildman–Crippen MR) is 44.6 cm³/mol. The highest BCUT2D eigenvalue weighted by atomic mass is 16.2. The zero-order valence-electron chi connectivity index (χ0n) is 6.94. The Kier molecular flexibility index (Phi) is 2.90. The normalized spacial score (nSPS) is 17.7.